The van der Waals surface area contributed by atoms with Crippen molar-refractivity contribution >= 4 is 5.91 Å². The highest BCUT2D eigenvalue weighted by Crippen LogP contribution is 2.09. The summed E-state index contributed by atoms with van der Waals surface area (Å²) >= 11 is 0. The molecule has 5 nitrogen and oxygen atoms in total. The normalized spacial score (nSPS) is 15.4. The molecule has 1 amide bonds. The monoisotopic (exact) mass is 246 g/mol. The molecule has 4 N–H and O–H groups in total. The first-order chi connectivity index (χ1) is 7.94. The SMILES string of the molecule is CCC(C)NC(=O)C(C)NC(CC)(CO)CO. The molecule has 0 fully saturated rings. The molecular formula is C12H26N2O3. The van der Waals surface area contributed by atoms with Crippen LogP contribution in [0, 0.1) is 0 Å². The van der Waals surface area contributed by atoms with Crippen LogP contribution in [0.15, 0.2) is 0 Å². The van der Waals surface area contributed by atoms with Crippen LogP contribution in [-0.4, -0.2) is 47.0 Å². The van der Waals surface area contributed by atoms with Crippen LogP contribution in [0.3, 0.4) is 0 Å². The summed E-state index contributed by atoms with van der Waals surface area (Å²) in [5, 5.41) is 24.4. The zero-order chi connectivity index (χ0) is 13.5. The molecule has 102 valence electrons. The lowest BCUT2D eigenvalue weighted by atomic mass is 9.97. The molecule has 0 aliphatic rings. The van der Waals surface area contributed by atoms with E-state index in [1.54, 1.807) is 6.92 Å². The van der Waals surface area contributed by atoms with Gasteiger partial charge in [-0.1, -0.05) is 13.8 Å². The molecule has 0 saturated carbocycles. The van der Waals surface area contributed by atoms with Crippen LogP contribution in [0.25, 0.3) is 0 Å². The molecule has 0 saturated heterocycles. The second-order valence-corrected chi connectivity index (χ2v) is 4.63. The van der Waals surface area contributed by atoms with Crippen molar-refractivity contribution in [2.75, 3.05) is 13.2 Å². The fourth-order valence-electron chi connectivity index (χ4n) is 1.46. The number of carbonyl (C=O) groups is 1. The first-order valence-corrected chi connectivity index (χ1v) is 6.24. The lowest BCUT2D eigenvalue weighted by Crippen LogP contribution is -2.58. The van der Waals surface area contributed by atoms with Crippen molar-refractivity contribution in [2.45, 2.75) is 58.2 Å². The van der Waals surface area contributed by atoms with Crippen LogP contribution < -0.4 is 10.6 Å². The minimum absolute atomic E-state index is 0.112. The van der Waals surface area contributed by atoms with Gasteiger partial charge in [-0.05, 0) is 26.7 Å². The van der Waals surface area contributed by atoms with Crippen LogP contribution in [0.2, 0.25) is 0 Å². The van der Waals surface area contributed by atoms with Crippen molar-refractivity contribution < 1.29 is 15.0 Å². The molecule has 0 aliphatic carbocycles. The molecule has 0 rings (SSSR count). The lowest BCUT2D eigenvalue weighted by Gasteiger charge is -2.33. The zero-order valence-corrected chi connectivity index (χ0v) is 11.3. The lowest BCUT2D eigenvalue weighted by molar-refractivity contribution is -0.124. The summed E-state index contributed by atoms with van der Waals surface area (Å²) in [4.78, 5) is 11.8. The third-order valence-electron chi connectivity index (χ3n) is 3.20. The average Bonchev–Trinajstić information content (AvgIpc) is 2.35. The predicted molar refractivity (Wildman–Crippen MR) is 67.7 cm³/mol. The van der Waals surface area contributed by atoms with E-state index >= 15 is 0 Å². The third-order valence-corrected chi connectivity index (χ3v) is 3.20. The highest BCUT2D eigenvalue weighted by molar-refractivity contribution is 5.81. The van der Waals surface area contributed by atoms with E-state index in [1.807, 2.05) is 20.8 Å². The van der Waals surface area contributed by atoms with Gasteiger partial charge in [0.1, 0.15) is 0 Å². The van der Waals surface area contributed by atoms with Gasteiger partial charge in [0.25, 0.3) is 0 Å². The summed E-state index contributed by atoms with van der Waals surface area (Å²) in [5.74, 6) is -0.112. The van der Waals surface area contributed by atoms with Crippen molar-refractivity contribution in [3.8, 4) is 0 Å². The maximum atomic E-state index is 11.8. The minimum atomic E-state index is -0.786. The molecule has 2 atom stereocenters. The quantitative estimate of drug-likeness (QED) is 0.486. The Labute approximate surface area is 104 Å². The molecule has 2 unspecified atom stereocenters. The Hall–Kier alpha value is -0.650. The summed E-state index contributed by atoms with van der Waals surface area (Å²) in [6.45, 7) is 7.14. The van der Waals surface area contributed by atoms with Crippen molar-refractivity contribution in [1.82, 2.24) is 10.6 Å². The summed E-state index contributed by atoms with van der Waals surface area (Å²) in [5.41, 5.74) is -0.786. The maximum Gasteiger partial charge on any atom is 0.237 e. The van der Waals surface area contributed by atoms with Gasteiger partial charge in [-0.15, -0.1) is 0 Å². The van der Waals surface area contributed by atoms with E-state index in [-0.39, 0.29) is 25.2 Å². The predicted octanol–water partition coefficient (Wildman–Crippen LogP) is 0.0126. The largest absolute Gasteiger partial charge is 0.394 e. The average molecular weight is 246 g/mol. The van der Waals surface area contributed by atoms with E-state index in [4.69, 9.17) is 0 Å². The van der Waals surface area contributed by atoms with E-state index in [2.05, 4.69) is 10.6 Å². The third kappa shape index (κ3) is 5.02. The van der Waals surface area contributed by atoms with Gasteiger partial charge in [0, 0.05) is 6.04 Å². The van der Waals surface area contributed by atoms with E-state index in [0.717, 1.165) is 6.42 Å². The van der Waals surface area contributed by atoms with Crippen molar-refractivity contribution in [3.63, 3.8) is 0 Å². The molecule has 0 aromatic heterocycles. The fraction of sp³-hybridized carbons (Fsp3) is 0.917. The van der Waals surface area contributed by atoms with Gasteiger partial charge in [0.15, 0.2) is 0 Å². The maximum absolute atomic E-state index is 11.8. The number of carbonyl (C=O) groups excluding carboxylic acids is 1. The second-order valence-electron chi connectivity index (χ2n) is 4.63. The van der Waals surface area contributed by atoms with E-state index in [9.17, 15) is 15.0 Å². The molecule has 0 heterocycles. The minimum Gasteiger partial charge on any atom is -0.394 e. The molecule has 0 aromatic rings. The van der Waals surface area contributed by atoms with Gasteiger partial charge in [0.2, 0.25) is 5.91 Å². The molecule has 0 aliphatic heterocycles. The second kappa shape index (κ2) is 7.63. The Morgan fingerprint density at radius 1 is 1.24 bits per heavy atom. The molecule has 0 aromatic carbocycles. The summed E-state index contributed by atoms with van der Waals surface area (Å²) in [6, 6.07) is -0.311. The Morgan fingerprint density at radius 2 is 1.76 bits per heavy atom. The van der Waals surface area contributed by atoms with Gasteiger partial charge in [-0.3, -0.25) is 10.1 Å². The first kappa shape index (κ1) is 16.4. The number of aliphatic hydroxyl groups is 2. The zero-order valence-electron chi connectivity index (χ0n) is 11.3. The molecular weight excluding hydrogens is 220 g/mol. The smallest absolute Gasteiger partial charge is 0.237 e. The van der Waals surface area contributed by atoms with Crippen molar-refractivity contribution in [3.05, 3.63) is 0 Å². The van der Waals surface area contributed by atoms with Crippen LogP contribution in [-0.2, 0) is 4.79 Å². The summed E-state index contributed by atoms with van der Waals surface area (Å²) in [6.07, 6.45) is 1.43. The Kier molecular flexibility index (Phi) is 7.34. The van der Waals surface area contributed by atoms with Crippen LogP contribution in [0.1, 0.15) is 40.5 Å². The van der Waals surface area contributed by atoms with Gasteiger partial charge in [-0.2, -0.15) is 0 Å². The highest BCUT2D eigenvalue weighted by atomic mass is 16.3. The molecule has 0 spiro atoms. The number of hydrogen-bond acceptors (Lipinski definition) is 4. The number of hydrogen-bond donors (Lipinski definition) is 4. The van der Waals surface area contributed by atoms with Crippen LogP contribution in [0.4, 0.5) is 0 Å². The van der Waals surface area contributed by atoms with E-state index in [1.165, 1.54) is 0 Å². The molecule has 17 heavy (non-hydrogen) atoms. The summed E-state index contributed by atoms with van der Waals surface area (Å²) < 4.78 is 0. The van der Waals surface area contributed by atoms with Crippen molar-refractivity contribution in [2.24, 2.45) is 0 Å². The van der Waals surface area contributed by atoms with Crippen molar-refractivity contribution in [1.29, 1.82) is 0 Å². The highest BCUT2D eigenvalue weighted by Gasteiger charge is 2.30. The van der Waals surface area contributed by atoms with Crippen LogP contribution >= 0.6 is 0 Å². The standard InChI is InChI=1S/C12H26N2O3/c1-5-9(3)13-11(17)10(4)14-12(6-2,7-15)8-16/h9-10,14-16H,5-8H2,1-4H3,(H,13,17). The first-order valence-electron chi connectivity index (χ1n) is 6.24. The van der Waals surface area contributed by atoms with E-state index < -0.39 is 11.6 Å². The molecule has 0 bridgehead atoms. The Balaban J connectivity index is 4.40. The van der Waals surface area contributed by atoms with Gasteiger partial charge in [-0.25, -0.2) is 0 Å². The van der Waals surface area contributed by atoms with Crippen LogP contribution in [0.5, 0.6) is 0 Å². The van der Waals surface area contributed by atoms with E-state index in [0.29, 0.717) is 6.42 Å². The van der Waals surface area contributed by atoms with Gasteiger partial charge >= 0.3 is 0 Å². The molecule has 0 radical (unpaired) electrons. The topological polar surface area (TPSA) is 81.6 Å². The number of rotatable bonds is 8. The Morgan fingerprint density at radius 3 is 2.12 bits per heavy atom. The van der Waals surface area contributed by atoms with Gasteiger partial charge < -0.3 is 15.5 Å². The number of nitrogens with one attached hydrogen (secondary N) is 2. The van der Waals surface area contributed by atoms with Gasteiger partial charge in [0.05, 0.1) is 24.8 Å². The molecule has 5 heteroatoms. The number of aliphatic hydroxyl groups excluding tert-OH is 2. The number of amides is 1. The Bertz CT molecular complexity index is 222. The summed E-state index contributed by atoms with van der Waals surface area (Å²) in [7, 11) is 0. The fourth-order valence-corrected chi connectivity index (χ4v) is 1.46.